The molecule has 1 aliphatic carbocycles. The van der Waals surface area contributed by atoms with Crippen LogP contribution in [0.25, 0.3) is 0 Å². The van der Waals surface area contributed by atoms with Crippen molar-refractivity contribution < 1.29 is 0 Å². The van der Waals surface area contributed by atoms with Crippen molar-refractivity contribution in [2.24, 2.45) is 5.92 Å². The molecule has 0 aromatic rings. The monoisotopic (exact) mass is 198 g/mol. The fraction of sp³-hybridized carbons (Fsp3) is 1.00. The molecule has 1 N–H and O–H groups in total. The normalized spacial score (nSPS) is 28.3. The van der Waals surface area contributed by atoms with Gasteiger partial charge in [0.2, 0.25) is 0 Å². The number of hydrogen-bond donors (Lipinski definition) is 1. The Kier molecular flexibility index (Phi) is 5.49. The Bertz CT molecular complexity index is 145. The zero-order valence-electron chi connectivity index (χ0n) is 10.1. The van der Waals surface area contributed by atoms with Gasteiger partial charge in [0.1, 0.15) is 0 Å². The van der Waals surface area contributed by atoms with Crippen molar-refractivity contribution in [3.8, 4) is 0 Å². The molecular formula is C12H26N2. The molecule has 1 saturated carbocycles. The third-order valence-corrected chi connectivity index (χ3v) is 3.53. The van der Waals surface area contributed by atoms with E-state index in [0.717, 1.165) is 12.0 Å². The molecular weight excluding hydrogens is 172 g/mol. The van der Waals surface area contributed by atoms with E-state index in [2.05, 4.69) is 24.3 Å². The van der Waals surface area contributed by atoms with Crippen molar-refractivity contribution in [1.82, 2.24) is 10.2 Å². The molecule has 0 aromatic carbocycles. The predicted octanol–water partition coefficient (Wildman–Crippen LogP) is 2.11. The zero-order chi connectivity index (χ0) is 10.4. The van der Waals surface area contributed by atoms with Crippen LogP contribution in [-0.2, 0) is 0 Å². The Labute approximate surface area is 89.1 Å². The maximum absolute atomic E-state index is 3.24. The molecule has 0 amide bonds. The lowest BCUT2D eigenvalue weighted by atomic mass is 9.81. The van der Waals surface area contributed by atoms with Gasteiger partial charge in [-0.25, -0.2) is 0 Å². The summed E-state index contributed by atoms with van der Waals surface area (Å²) in [7, 11) is 6.52. The van der Waals surface area contributed by atoms with Crippen molar-refractivity contribution in [3.05, 3.63) is 0 Å². The molecule has 0 saturated heterocycles. The smallest absolute Gasteiger partial charge is 0.0117 e. The molecule has 2 nitrogen and oxygen atoms in total. The van der Waals surface area contributed by atoms with Gasteiger partial charge in [-0.3, -0.25) is 0 Å². The molecule has 0 radical (unpaired) electrons. The van der Waals surface area contributed by atoms with Crippen molar-refractivity contribution in [3.63, 3.8) is 0 Å². The third-order valence-electron chi connectivity index (χ3n) is 3.53. The largest absolute Gasteiger partial charge is 0.320 e. The Hall–Kier alpha value is -0.0800. The van der Waals surface area contributed by atoms with Crippen molar-refractivity contribution >= 4 is 0 Å². The molecule has 1 fully saturated rings. The summed E-state index contributed by atoms with van der Waals surface area (Å²) in [5.41, 5.74) is 0. The molecule has 14 heavy (non-hydrogen) atoms. The maximum Gasteiger partial charge on any atom is 0.0117 e. The lowest BCUT2D eigenvalue weighted by molar-refractivity contribution is 0.146. The first-order chi connectivity index (χ1) is 6.75. The highest BCUT2D eigenvalue weighted by atomic mass is 15.1. The van der Waals surface area contributed by atoms with Crippen LogP contribution in [0.15, 0.2) is 0 Å². The average molecular weight is 198 g/mol. The Morgan fingerprint density at radius 2 is 1.93 bits per heavy atom. The quantitative estimate of drug-likeness (QED) is 0.681. The Morgan fingerprint density at radius 1 is 1.21 bits per heavy atom. The first-order valence-electron chi connectivity index (χ1n) is 6.06. The van der Waals surface area contributed by atoms with Gasteiger partial charge >= 0.3 is 0 Å². The van der Waals surface area contributed by atoms with Crippen LogP contribution in [0.1, 0.15) is 38.5 Å². The van der Waals surface area contributed by atoms with E-state index in [1.807, 2.05) is 7.05 Å². The van der Waals surface area contributed by atoms with Crippen LogP contribution in [0, 0.1) is 5.92 Å². The lowest BCUT2D eigenvalue weighted by Crippen LogP contribution is -2.37. The average Bonchev–Trinajstić information content (AvgIpc) is 2.19. The minimum Gasteiger partial charge on any atom is -0.320 e. The van der Waals surface area contributed by atoms with E-state index in [4.69, 9.17) is 0 Å². The second kappa shape index (κ2) is 6.41. The van der Waals surface area contributed by atoms with E-state index in [9.17, 15) is 0 Å². The van der Waals surface area contributed by atoms with Crippen molar-refractivity contribution in [1.29, 1.82) is 0 Å². The first kappa shape index (κ1) is 12.0. The highest BCUT2D eigenvalue weighted by molar-refractivity contribution is 4.80. The lowest BCUT2D eigenvalue weighted by Gasteiger charge is -2.36. The van der Waals surface area contributed by atoms with E-state index in [1.54, 1.807) is 0 Å². The topological polar surface area (TPSA) is 15.3 Å². The van der Waals surface area contributed by atoms with Crippen molar-refractivity contribution in [2.75, 3.05) is 27.7 Å². The third kappa shape index (κ3) is 3.58. The SMILES string of the molecule is CNCCCC1CCCCC1N(C)C. The summed E-state index contributed by atoms with van der Waals surface area (Å²) in [6.45, 7) is 1.18. The molecule has 1 aliphatic rings. The number of nitrogens with one attached hydrogen (secondary N) is 1. The molecule has 2 atom stereocenters. The summed E-state index contributed by atoms with van der Waals surface area (Å²) in [6.07, 6.45) is 8.50. The van der Waals surface area contributed by atoms with Crippen LogP contribution < -0.4 is 5.32 Å². The summed E-state index contributed by atoms with van der Waals surface area (Å²) in [5.74, 6) is 0.951. The van der Waals surface area contributed by atoms with E-state index in [-0.39, 0.29) is 0 Å². The van der Waals surface area contributed by atoms with Crippen LogP contribution >= 0.6 is 0 Å². The van der Waals surface area contributed by atoms with Gasteiger partial charge in [0.05, 0.1) is 0 Å². The summed E-state index contributed by atoms with van der Waals surface area (Å²) >= 11 is 0. The molecule has 0 aromatic heterocycles. The van der Waals surface area contributed by atoms with Gasteiger partial charge in [-0.05, 0) is 59.3 Å². The maximum atomic E-state index is 3.24. The van der Waals surface area contributed by atoms with Crippen LogP contribution in [0.5, 0.6) is 0 Å². The number of hydrogen-bond acceptors (Lipinski definition) is 2. The van der Waals surface area contributed by atoms with Crippen LogP contribution in [0.2, 0.25) is 0 Å². The minimum atomic E-state index is 0.848. The molecule has 2 heteroatoms. The van der Waals surface area contributed by atoms with Gasteiger partial charge in [-0.2, -0.15) is 0 Å². The van der Waals surface area contributed by atoms with E-state index < -0.39 is 0 Å². The molecule has 0 spiro atoms. The molecule has 84 valence electrons. The fourth-order valence-electron chi connectivity index (χ4n) is 2.75. The Morgan fingerprint density at radius 3 is 2.57 bits per heavy atom. The fourth-order valence-corrected chi connectivity index (χ4v) is 2.75. The molecule has 0 heterocycles. The summed E-state index contributed by atoms with van der Waals surface area (Å²) in [6, 6.07) is 0.848. The zero-order valence-corrected chi connectivity index (χ0v) is 10.1. The second-order valence-electron chi connectivity index (χ2n) is 4.82. The van der Waals surface area contributed by atoms with Crippen molar-refractivity contribution in [2.45, 2.75) is 44.6 Å². The van der Waals surface area contributed by atoms with Gasteiger partial charge in [-0.1, -0.05) is 12.8 Å². The van der Waals surface area contributed by atoms with E-state index in [1.165, 1.54) is 45.1 Å². The molecule has 0 bridgehead atoms. The van der Waals surface area contributed by atoms with Crippen LogP contribution in [-0.4, -0.2) is 38.6 Å². The highest BCUT2D eigenvalue weighted by Gasteiger charge is 2.25. The summed E-state index contributed by atoms with van der Waals surface area (Å²) in [5, 5.41) is 3.24. The number of rotatable bonds is 5. The van der Waals surface area contributed by atoms with Crippen LogP contribution in [0.4, 0.5) is 0 Å². The molecule has 0 aliphatic heterocycles. The van der Waals surface area contributed by atoms with Gasteiger partial charge < -0.3 is 10.2 Å². The van der Waals surface area contributed by atoms with Gasteiger partial charge in [0, 0.05) is 6.04 Å². The highest BCUT2D eigenvalue weighted by Crippen LogP contribution is 2.30. The summed E-state index contributed by atoms with van der Waals surface area (Å²) < 4.78 is 0. The first-order valence-corrected chi connectivity index (χ1v) is 6.06. The van der Waals surface area contributed by atoms with E-state index in [0.29, 0.717) is 0 Å². The van der Waals surface area contributed by atoms with Crippen LogP contribution in [0.3, 0.4) is 0 Å². The molecule has 2 unspecified atom stereocenters. The minimum absolute atomic E-state index is 0.848. The second-order valence-corrected chi connectivity index (χ2v) is 4.82. The molecule has 1 rings (SSSR count). The Balaban J connectivity index is 2.30. The summed E-state index contributed by atoms with van der Waals surface area (Å²) in [4.78, 5) is 2.43. The predicted molar refractivity (Wildman–Crippen MR) is 62.6 cm³/mol. The number of nitrogens with zero attached hydrogens (tertiary/aromatic N) is 1. The van der Waals surface area contributed by atoms with Gasteiger partial charge in [-0.15, -0.1) is 0 Å². The van der Waals surface area contributed by atoms with E-state index >= 15 is 0 Å². The van der Waals surface area contributed by atoms with Gasteiger partial charge in [0.15, 0.2) is 0 Å². The standard InChI is InChI=1S/C12H26N2/c1-13-10-6-8-11-7-4-5-9-12(11)14(2)3/h11-13H,4-10H2,1-3H3. The van der Waals surface area contributed by atoms with Gasteiger partial charge in [0.25, 0.3) is 0 Å².